The normalized spacial score (nSPS) is 10.2. The molecule has 0 amide bonds. The molecule has 1 N–H and O–H groups in total. The van der Waals surface area contributed by atoms with E-state index in [1.54, 1.807) is 6.20 Å². The second kappa shape index (κ2) is 5.03. The molecule has 2 rings (SSSR count). The number of rotatable bonds is 2. The highest BCUT2D eigenvalue weighted by Gasteiger charge is 2.12. The topological polar surface area (TPSA) is 48.7 Å². The summed E-state index contributed by atoms with van der Waals surface area (Å²) in [6, 6.07) is 6.03. The Kier molecular flexibility index (Phi) is 3.65. The second-order valence-corrected chi connectivity index (χ2v) is 5.15. The van der Waals surface area contributed by atoms with Crippen molar-refractivity contribution < 1.29 is 0 Å². The lowest BCUT2D eigenvalue weighted by molar-refractivity contribution is 1.21. The van der Waals surface area contributed by atoms with Crippen LogP contribution in [0.5, 0.6) is 0 Å². The maximum atomic E-state index is 9.11. The van der Waals surface area contributed by atoms with E-state index >= 15 is 0 Å². The molecule has 3 nitrogen and oxygen atoms in total. The van der Waals surface area contributed by atoms with Crippen molar-refractivity contribution in [2.75, 3.05) is 11.9 Å². The fourth-order valence-corrected chi connectivity index (χ4v) is 2.63. The fraction of sp³-hybridized carbons (Fsp3) is 0.167. The van der Waals surface area contributed by atoms with Gasteiger partial charge in [0.2, 0.25) is 0 Å². The van der Waals surface area contributed by atoms with Gasteiger partial charge in [0.05, 0.1) is 16.8 Å². The predicted octanol–water partition coefficient (Wildman–Crippen LogP) is 4.06. The third-order valence-electron chi connectivity index (χ3n) is 2.39. The number of hydrogen-bond donors (Lipinski definition) is 1. The van der Waals surface area contributed by atoms with Crippen LogP contribution in [0.2, 0.25) is 0 Å². The lowest BCUT2D eigenvalue weighted by Crippen LogP contribution is -2.01. The van der Waals surface area contributed by atoms with Crippen LogP contribution < -0.4 is 5.32 Å². The summed E-state index contributed by atoms with van der Waals surface area (Å²) >= 11 is 6.97. The zero-order chi connectivity index (χ0) is 12.4. The van der Waals surface area contributed by atoms with Crippen molar-refractivity contribution in [3.05, 3.63) is 32.8 Å². The molecule has 0 aliphatic carbocycles. The van der Waals surface area contributed by atoms with Crippen molar-refractivity contribution in [2.45, 2.75) is 6.92 Å². The van der Waals surface area contributed by atoms with Crippen LogP contribution in [0.15, 0.2) is 27.3 Å². The Morgan fingerprint density at radius 2 is 2.06 bits per heavy atom. The molecular weight excluding hydrogens is 346 g/mol. The number of benzene rings is 1. The SMILES string of the molecule is CCNc1c(C#N)cnc2c(Br)ccc(Br)c12. The molecule has 0 fully saturated rings. The average Bonchev–Trinajstić information content (AvgIpc) is 2.34. The molecule has 5 heteroatoms. The first kappa shape index (κ1) is 12.3. The Labute approximate surface area is 116 Å². The minimum atomic E-state index is 0.554. The molecular formula is C12H9Br2N3. The average molecular weight is 355 g/mol. The van der Waals surface area contributed by atoms with Crippen LogP contribution in [0.1, 0.15) is 12.5 Å². The molecule has 0 aliphatic heterocycles. The number of pyridine rings is 1. The Morgan fingerprint density at radius 3 is 2.71 bits per heavy atom. The van der Waals surface area contributed by atoms with E-state index in [1.807, 2.05) is 19.1 Å². The van der Waals surface area contributed by atoms with Gasteiger partial charge in [0, 0.05) is 27.1 Å². The molecule has 0 aliphatic rings. The van der Waals surface area contributed by atoms with Gasteiger partial charge in [-0.3, -0.25) is 4.98 Å². The third kappa shape index (κ3) is 2.15. The molecule has 0 saturated heterocycles. The van der Waals surface area contributed by atoms with E-state index in [4.69, 9.17) is 5.26 Å². The number of nitrogens with zero attached hydrogens (tertiary/aromatic N) is 2. The van der Waals surface area contributed by atoms with E-state index in [-0.39, 0.29) is 0 Å². The van der Waals surface area contributed by atoms with E-state index in [9.17, 15) is 0 Å². The quantitative estimate of drug-likeness (QED) is 0.884. The van der Waals surface area contributed by atoms with Crippen molar-refractivity contribution >= 4 is 48.5 Å². The zero-order valence-electron chi connectivity index (χ0n) is 9.09. The van der Waals surface area contributed by atoms with E-state index in [0.717, 1.165) is 32.1 Å². The Hall–Kier alpha value is -1.12. The van der Waals surface area contributed by atoms with Gasteiger partial charge in [-0.1, -0.05) is 15.9 Å². The number of aromatic nitrogens is 1. The third-order valence-corrected chi connectivity index (χ3v) is 3.69. The summed E-state index contributed by atoms with van der Waals surface area (Å²) in [6.45, 7) is 2.76. The van der Waals surface area contributed by atoms with Gasteiger partial charge in [-0.2, -0.15) is 5.26 Å². The lowest BCUT2D eigenvalue weighted by atomic mass is 10.1. The van der Waals surface area contributed by atoms with Gasteiger partial charge < -0.3 is 5.32 Å². The second-order valence-electron chi connectivity index (χ2n) is 3.44. The monoisotopic (exact) mass is 353 g/mol. The van der Waals surface area contributed by atoms with Gasteiger partial charge in [-0.25, -0.2) is 0 Å². The molecule has 1 aromatic heterocycles. The number of fused-ring (bicyclic) bond motifs is 1. The van der Waals surface area contributed by atoms with Gasteiger partial charge in [0.25, 0.3) is 0 Å². The highest BCUT2D eigenvalue weighted by molar-refractivity contribution is 9.11. The summed E-state index contributed by atoms with van der Waals surface area (Å²) in [5, 5.41) is 13.3. The van der Waals surface area contributed by atoms with E-state index in [2.05, 4.69) is 48.2 Å². The van der Waals surface area contributed by atoms with E-state index in [0.29, 0.717) is 5.56 Å². The molecule has 0 bridgehead atoms. The fourth-order valence-electron chi connectivity index (χ4n) is 1.68. The number of nitriles is 1. The largest absolute Gasteiger partial charge is 0.384 e. The first-order valence-electron chi connectivity index (χ1n) is 5.09. The van der Waals surface area contributed by atoms with Gasteiger partial charge in [-0.05, 0) is 35.0 Å². The van der Waals surface area contributed by atoms with Gasteiger partial charge in [0.15, 0.2) is 0 Å². The van der Waals surface area contributed by atoms with Crippen LogP contribution in [-0.2, 0) is 0 Å². The van der Waals surface area contributed by atoms with Crippen molar-refractivity contribution in [3.8, 4) is 6.07 Å². The Balaban J connectivity index is 2.89. The first-order chi connectivity index (χ1) is 8.19. The number of anilines is 1. The van der Waals surface area contributed by atoms with Gasteiger partial charge in [0.1, 0.15) is 6.07 Å². The van der Waals surface area contributed by atoms with Crippen LogP contribution >= 0.6 is 31.9 Å². The summed E-state index contributed by atoms with van der Waals surface area (Å²) < 4.78 is 1.84. The molecule has 0 saturated carbocycles. The van der Waals surface area contributed by atoms with E-state index in [1.165, 1.54) is 0 Å². The van der Waals surface area contributed by atoms with Crippen LogP contribution in [-0.4, -0.2) is 11.5 Å². The minimum absolute atomic E-state index is 0.554. The van der Waals surface area contributed by atoms with Crippen molar-refractivity contribution in [3.63, 3.8) is 0 Å². The van der Waals surface area contributed by atoms with Crippen molar-refractivity contribution in [1.29, 1.82) is 5.26 Å². The van der Waals surface area contributed by atoms with Crippen molar-refractivity contribution in [2.24, 2.45) is 0 Å². The molecule has 0 spiro atoms. The summed E-state index contributed by atoms with van der Waals surface area (Å²) in [5.74, 6) is 0. The summed E-state index contributed by atoms with van der Waals surface area (Å²) in [7, 11) is 0. The molecule has 0 unspecified atom stereocenters. The molecule has 1 aromatic carbocycles. The Bertz CT molecular complexity index is 617. The number of halogens is 2. The van der Waals surface area contributed by atoms with Crippen LogP contribution in [0.4, 0.5) is 5.69 Å². The highest BCUT2D eigenvalue weighted by Crippen LogP contribution is 2.35. The molecule has 86 valence electrons. The van der Waals surface area contributed by atoms with Crippen molar-refractivity contribution in [1.82, 2.24) is 4.98 Å². The van der Waals surface area contributed by atoms with Crippen LogP contribution in [0.25, 0.3) is 10.9 Å². The molecule has 0 atom stereocenters. The van der Waals surface area contributed by atoms with Crippen LogP contribution in [0.3, 0.4) is 0 Å². The van der Waals surface area contributed by atoms with E-state index < -0.39 is 0 Å². The van der Waals surface area contributed by atoms with Gasteiger partial charge >= 0.3 is 0 Å². The maximum absolute atomic E-state index is 9.11. The molecule has 17 heavy (non-hydrogen) atoms. The highest BCUT2D eigenvalue weighted by atomic mass is 79.9. The number of hydrogen-bond acceptors (Lipinski definition) is 3. The predicted molar refractivity (Wildman–Crippen MR) is 76.0 cm³/mol. The Morgan fingerprint density at radius 1 is 1.35 bits per heavy atom. The zero-order valence-corrected chi connectivity index (χ0v) is 12.3. The van der Waals surface area contributed by atoms with Crippen LogP contribution in [0, 0.1) is 11.3 Å². The number of nitrogens with one attached hydrogen (secondary N) is 1. The first-order valence-corrected chi connectivity index (χ1v) is 6.68. The summed E-state index contributed by atoms with van der Waals surface area (Å²) in [6.07, 6.45) is 1.59. The van der Waals surface area contributed by atoms with Gasteiger partial charge in [-0.15, -0.1) is 0 Å². The molecule has 0 radical (unpaired) electrons. The standard InChI is InChI=1S/C12H9Br2N3/c1-2-16-11-7(5-15)6-17-12-9(14)4-3-8(13)10(11)12/h3-4,6H,2H2,1H3,(H,16,17). The minimum Gasteiger partial charge on any atom is -0.384 e. The summed E-state index contributed by atoms with van der Waals surface area (Å²) in [5.41, 5.74) is 2.22. The maximum Gasteiger partial charge on any atom is 0.103 e. The molecule has 2 aromatic rings. The smallest absolute Gasteiger partial charge is 0.103 e. The molecule has 1 heterocycles. The lowest BCUT2D eigenvalue weighted by Gasteiger charge is -2.11. The summed E-state index contributed by atoms with van der Waals surface area (Å²) in [4.78, 5) is 4.32.